The normalized spacial score (nSPS) is 13.3. The summed E-state index contributed by atoms with van der Waals surface area (Å²) in [7, 11) is 3.16. The van der Waals surface area contributed by atoms with E-state index in [4.69, 9.17) is 15.2 Å². The zero-order chi connectivity index (χ0) is 17.9. The lowest BCUT2D eigenvalue weighted by molar-refractivity contribution is -0.140. The fraction of sp³-hybridized carbons (Fsp3) is 0.412. The van der Waals surface area contributed by atoms with Gasteiger partial charge in [0.05, 0.1) is 14.2 Å². The predicted molar refractivity (Wildman–Crippen MR) is 94.6 cm³/mol. The summed E-state index contributed by atoms with van der Waals surface area (Å²) in [5.74, 6) is 0.279. The third kappa shape index (κ3) is 3.31. The first-order valence-electron chi connectivity index (χ1n) is 7.58. The largest absolute Gasteiger partial charge is 0.493 e. The number of nitrogens with one attached hydrogen (secondary N) is 1. The van der Waals surface area contributed by atoms with E-state index in [9.17, 15) is 9.59 Å². The van der Waals surface area contributed by atoms with E-state index in [1.807, 2.05) is 18.2 Å². The van der Waals surface area contributed by atoms with Crippen molar-refractivity contribution in [3.63, 3.8) is 0 Å². The van der Waals surface area contributed by atoms with Gasteiger partial charge in [0.15, 0.2) is 11.5 Å². The van der Waals surface area contributed by atoms with Gasteiger partial charge in [0.2, 0.25) is 11.8 Å². The number of ether oxygens (including phenoxy) is 2. The lowest BCUT2D eigenvalue weighted by Crippen LogP contribution is -2.49. The number of methoxy groups -OCH3 is 2. The van der Waals surface area contributed by atoms with Crippen LogP contribution in [0.25, 0.3) is 10.1 Å². The van der Waals surface area contributed by atoms with Crippen LogP contribution < -0.4 is 20.5 Å². The summed E-state index contributed by atoms with van der Waals surface area (Å²) in [4.78, 5) is 25.1. The SMILES string of the molecule is CCNC(=O)C(C)(Cc1cc2cc(OC)c(OC)cc2s1)C(N)=O. The molecular weight excluding hydrogens is 328 g/mol. The molecular formula is C17H22N2O4S. The number of nitrogens with two attached hydrogens (primary N) is 1. The maximum absolute atomic E-state index is 12.3. The summed E-state index contributed by atoms with van der Waals surface area (Å²) < 4.78 is 11.6. The van der Waals surface area contributed by atoms with Crippen LogP contribution in [0.3, 0.4) is 0 Å². The van der Waals surface area contributed by atoms with E-state index in [0.717, 1.165) is 15.0 Å². The molecule has 0 radical (unpaired) electrons. The highest BCUT2D eigenvalue weighted by molar-refractivity contribution is 7.19. The maximum atomic E-state index is 12.3. The van der Waals surface area contributed by atoms with Crippen molar-refractivity contribution in [1.82, 2.24) is 5.32 Å². The van der Waals surface area contributed by atoms with Gasteiger partial charge in [-0.05, 0) is 31.4 Å². The van der Waals surface area contributed by atoms with Crippen LogP contribution in [-0.2, 0) is 16.0 Å². The van der Waals surface area contributed by atoms with Crippen LogP contribution in [0, 0.1) is 5.41 Å². The Bertz CT molecular complexity index is 730. The smallest absolute Gasteiger partial charge is 0.235 e. The monoisotopic (exact) mass is 350 g/mol. The average Bonchev–Trinajstić information content (AvgIpc) is 2.93. The Morgan fingerprint density at radius 2 is 1.83 bits per heavy atom. The fourth-order valence-corrected chi connectivity index (χ4v) is 3.72. The van der Waals surface area contributed by atoms with Gasteiger partial charge in [0, 0.05) is 28.6 Å². The molecule has 130 valence electrons. The van der Waals surface area contributed by atoms with Crippen molar-refractivity contribution in [3.05, 3.63) is 23.1 Å². The number of primary amides is 1. The molecule has 2 amide bonds. The Morgan fingerprint density at radius 3 is 2.38 bits per heavy atom. The van der Waals surface area contributed by atoms with Crippen molar-refractivity contribution >= 4 is 33.2 Å². The molecule has 2 rings (SSSR count). The van der Waals surface area contributed by atoms with Gasteiger partial charge in [-0.25, -0.2) is 0 Å². The van der Waals surface area contributed by atoms with Crippen molar-refractivity contribution in [2.75, 3.05) is 20.8 Å². The first-order valence-corrected chi connectivity index (χ1v) is 8.40. The molecule has 0 spiro atoms. The number of carbonyl (C=O) groups is 2. The Morgan fingerprint density at radius 1 is 1.21 bits per heavy atom. The summed E-state index contributed by atoms with van der Waals surface area (Å²) in [6, 6.07) is 5.71. The van der Waals surface area contributed by atoms with E-state index in [1.54, 1.807) is 28.1 Å². The van der Waals surface area contributed by atoms with Crippen LogP contribution in [0.2, 0.25) is 0 Å². The molecule has 3 N–H and O–H groups in total. The van der Waals surface area contributed by atoms with Crippen LogP contribution in [0.5, 0.6) is 11.5 Å². The summed E-state index contributed by atoms with van der Waals surface area (Å²) >= 11 is 1.50. The number of rotatable bonds is 7. The summed E-state index contributed by atoms with van der Waals surface area (Å²) in [6.45, 7) is 3.83. The summed E-state index contributed by atoms with van der Waals surface area (Å²) in [5.41, 5.74) is 4.21. The van der Waals surface area contributed by atoms with Gasteiger partial charge in [-0.1, -0.05) is 0 Å². The molecule has 0 saturated heterocycles. The number of carbonyl (C=O) groups excluding carboxylic acids is 2. The van der Waals surface area contributed by atoms with E-state index in [2.05, 4.69) is 5.32 Å². The van der Waals surface area contributed by atoms with Crippen molar-refractivity contribution in [3.8, 4) is 11.5 Å². The third-order valence-corrected chi connectivity index (χ3v) is 5.08. The number of benzene rings is 1. The number of fused-ring (bicyclic) bond motifs is 1. The first-order chi connectivity index (χ1) is 11.3. The van der Waals surface area contributed by atoms with Crippen molar-refractivity contribution in [1.29, 1.82) is 0 Å². The van der Waals surface area contributed by atoms with Crippen LogP contribution in [0.4, 0.5) is 0 Å². The van der Waals surface area contributed by atoms with Crippen LogP contribution >= 0.6 is 11.3 Å². The quantitative estimate of drug-likeness (QED) is 0.748. The Hall–Kier alpha value is -2.28. The maximum Gasteiger partial charge on any atom is 0.235 e. The predicted octanol–water partition coefficient (Wildman–Crippen LogP) is 2.09. The summed E-state index contributed by atoms with van der Waals surface area (Å²) in [5, 5.41) is 3.65. The van der Waals surface area contributed by atoms with Gasteiger partial charge >= 0.3 is 0 Å². The highest BCUT2D eigenvalue weighted by atomic mass is 32.1. The molecule has 1 unspecified atom stereocenters. The molecule has 0 fully saturated rings. The zero-order valence-electron chi connectivity index (χ0n) is 14.3. The number of amides is 2. The molecule has 1 aromatic heterocycles. The Labute approximate surface area is 144 Å². The molecule has 6 nitrogen and oxygen atoms in total. The van der Waals surface area contributed by atoms with Crippen LogP contribution in [0.1, 0.15) is 18.7 Å². The molecule has 7 heteroatoms. The van der Waals surface area contributed by atoms with E-state index >= 15 is 0 Å². The van der Waals surface area contributed by atoms with Crippen LogP contribution in [0.15, 0.2) is 18.2 Å². The molecule has 24 heavy (non-hydrogen) atoms. The molecule has 0 aliphatic heterocycles. The molecule has 1 aromatic carbocycles. The lowest BCUT2D eigenvalue weighted by atomic mass is 9.84. The lowest BCUT2D eigenvalue weighted by Gasteiger charge is -2.23. The van der Waals surface area contributed by atoms with E-state index < -0.39 is 11.3 Å². The second-order valence-corrected chi connectivity index (χ2v) is 6.86. The number of hydrogen-bond acceptors (Lipinski definition) is 5. The van der Waals surface area contributed by atoms with Gasteiger partial charge in [0.1, 0.15) is 5.41 Å². The second kappa shape index (κ2) is 7.09. The third-order valence-electron chi connectivity index (χ3n) is 3.98. The topological polar surface area (TPSA) is 90.7 Å². The van der Waals surface area contributed by atoms with E-state index in [-0.39, 0.29) is 12.3 Å². The molecule has 2 aromatic rings. The minimum atomic E-state index is -1.29. The van der Waals surface area contributed by atoms with Gasteiger partial charge in [-0.15, -0.1) is 11.3 Å². The highest BCUT2D eigenvalue weighted by Gasteiger charge is 2.39. The van der Waals surface area contributed by atoms with Gasteiger partial charge in [-0.3, -0.25) is 9.59 Å². The van der Waals surface area contributed by atoms with E-state index in [0.29, 0.717) is 18.0 Å². The highest BCUT2D eigenvalue weighted by Crippen LogP contribution is 2.38. The first kappa shape index (κ1) is 18.1. The molecule has 1 atom stereocenters. The molecule has 1 heterocycles. The molecule has 0 aliphatic rings. The molecule has 0 aliphatic carbocycles. The number of thiophene rings is 1. The number of hydrogen-bond donors (Lipinski definition) is 2. The molecule has 0 bridgehead atoms. The Kier molecular flexibility index (Phi) is 5.33. The summed E-state index contributed by atoms with van der Waals surface area (Å²) in [6.07, 6.45) is 0.248. The van der Waals surface area contributed by atoms with Crippen molar-refractivity contribution in [2.24, 2.45) is 11.1 Å². The minimum Gasteiger partial charge on any atom is -0.493 e. The second-order valence-electron chi connectivity index (χ2n) is 5.69. The van der Waals surface area contributed by atoms with Crippen molar-refractivity contribution in [2.45, 2.75) is 20.3 Å². The minimum absolute atomic E-state index is 0.248. The van der Waals surface area contributed by atoms with Crippen LogP contribution in [-0.4, -0.2) is 32.6 Å². The van der Waals surface area contributed by atoms with Gasteiger partial charge in [-0.2, -0.15) is 0 Å². The van der Waals surface area contributed by atoms with Gasteiger partial charge in [0.25, 0.3) is 0 Å². The average molecular weight is 350 g/mol. The Balaban J connectivity index is 2.41. The van der Waals surface area contributed by atoms with Gasteiger partial charge < -0.3 is 20.5 Å². The zero-order valence-corrected chi connectivity index (χ0v) is 15.1. The fourth-order valence-electron chi connectivity index (χ4n) is 2.49. The molecule has 0 saturated carbocycles. The van der Waals surface area contributed by atoms with E-state index in [1.165, 1.54) is 11.3 Å². The standard InChI is InChI=1S/C17H22N2O4S/c1-5-19-16(21)17(2,15(18)20)9-11-6-10-7-12(22-3)13(23-4)8-14(10)24-11/h6-8H,5,9H2,1-4H3,(H2,18,20)(H,19,21). The van der Waals surface area contributed by atoms with Crippen molar-refractivity contribution < 1.29 is 19.1 Å².